The SMILES string of the molecule is CC1(C)CCCC(S(=O)(=O)CC2CCCC2)C1N. The first-order valence-electron chi connectivity index (χ1n) is 7.30. The van der Waals surface area contributed by atoms with Crippen molar-refractivity contribution >= 4 is 9.84 Å². The lowest BCUT2D eigenvalue weighted by Crippen LogP contribution is -2.53. The van der Waals surface area contributed by atoms with E-state index in [1.807, 2.05) is 0 Å². The highest BCUT2D eigenvalue weighted by atomic mass is 32.2. The summed E-state index contributed by atoms with van der Waals surface area (Å²) >= 11 is 0. The summed E-state index contributed by atoms with van der Waals surface area (Å²) in [5, 5.41) is -0.304. The molecule has 2 fully saturated rings. The molecule has 2 rings (SSSR count). The van der Waals surface area contributed by atoms with Crippen LogP contribution in [0.4, 0.5) is 0 Å². The Morgan fingerprint density at radius 1 is 1.11 bits per heavy atom. The number of hydrogen-bond donors (Lipinski definition) is 1. The van der Waals surface area contributed by atoms with Gasteiger partial charge in [-0.25, -0.2) is 8.42 Å². The fourth-order valence-corrected chi connectivity index (χ4v) is 6.22. The van der Waals surface area contributed by atoms with Crippen LogP contribution in [-0.4, -0.2) is 25.5 Å². The second-order valence-electron chi connectivity index (χ2n) is 6.93. The second kappa shape index (κ2) is 5.12. The van der Waals surface area contributed by atoms with Gasteiger partial charge in [0.25, 0.3) is 0 Å². The largest absolute Gasteiger partial charge is 0.326 e. The molecule has 2 N–H and O–H groups in total. The highest BCUT2D eigenvalue weighted by molar-refractivity contribution is 7.92. The lowest BCUT2D eigenvalue weighted by atomic mass is 9.73. The molecule has 2 saturated carbocycles. The van der Waals surface area contributed by atoms with Crippen LogP contribution in [0.1, 0.15) is 58.8 Å². The molecule has 106 valence electrons. The third-order valence-corrected chi connectivity index (χ3v) is 7.40. The van der Waals surface area contributed by atoms with Gasteiger partial charge in [-0.2, -0.15) is 0 Å². The fraction of sp³-hybridized carbons (Fsp3) is 1.00. The predicted octanol–water partition coefficient (Wildman–Crippen LogP) is 2.50. The van der Waals surface area contributed by atoms with Crippen LogP contribution in [-0.2, 0) is 9.84 Å². The van der Waals surface area contributed by atoms with Crippen molar-refractivity contribution in [3.8, 4) is 0 Å². The summed E-state index contributed by atoms with van der Waals surface area (Å²) in [4.78, 5) is 0. The maximum atomic E-state index is 12.6. The number of hydrogen-bond acceptors (Lipinski definition) is 3. The summed E-state index contributed by atoms with van der Waals surface area (Å²) in [6, 6.07) is -0.197. The first-order chi connectivity index (χ1) is 8.33. The van der Waals surface area contributed by atoms with Gasteiger partial charge in [0.1, 0.15) is 0 Å². The Hall–Kier alpha value is -0.0900. The minimum atomic E-state index is -3.01. The lowest BCUT2D eigenvalue weighted by molar-refractivity contribution is 0.204. The van der Waals surface area contributed by atoms with Crippen molar-refractivity contribution in [3.63, 3.8) is 0 Å². The first-order valence-corrected chi connectivity index (χ1v) is 9.02. The number of nitrogens with two attached hydrogens (primary N) is 1. The van der Waals surface area contributed by atoms with E-state index in [9.17, 15) is 8.42 Å². The molecule has 0 aromatic rings. The smallest absolute Gasteiger partial charge is 0.154 e. The molecule has 2 aliphatic carbocycles. The van der Waals surface area contributed by atoms with Gasteiger partial charge in [0, 0.05) is 6.04 Å². The van der Waals surface area contributed by atoms with Gasteiger partial charge < -0.3 is 5.73 Å². The summed E-state index contributed by atoms with van der Waals surface area (Å²) in [6.07, 6.45) is 7.37. The molecule has 2 unspecified atom stereocenters. The summed E-state index contributed by atoms with van der Waals surface area (Å²) in [5.41, 5.74) is 6.20. The molecular formula is C14H27NO2S. The summed E-state index contributed by atoms with van der Waals surface area (Å²) < 4.78 is 25.1. The van der Waals surface area contributed by atoms with Crippen LogP contribution < -0.4 is 5.73 Å². The van der Waals surface area contributed by atoms with E-state index in [0.29, 0.717) is 11.7 Å². The Balaban J connectivity index is 2.08. The van der Waals surface area contributed by atoms with Gasteiger partial charge in [-0.3, -0.25) is 0 Å². The average molecular weight is 273 g/mol. The molecule has 0 heterocycles. The van der Waals surface area contributed by atoms with E-state index in [2.05, 4.69) is 13.8 Å². The quantitative estimate of drug-likeness (QED) is 0.859. The molecule has 4 heteroatoms. The molecule has 0 aromatic heterocycles. The Labute approximate surface area is 111 Å². The van der Waals surface area contributed by atoms with E-state index in [1.165, 1.54) is 12.8 Å². The number of sulfone groups is 1. The Morgan fingerprint density at radius 2 is 1.72 bits per heavy atom. The van der Waals surface area contributed by atoms with Crippen LogP contribution in [0, 0.1) is 11.3 Å². The van der Waals surface area contributed by atoms with Gasteiger partial charge in [0.2, 0.25) is 0 Å². The molecule has 0 saturated heterocycles. The van der Waals surface area contributed by atoms with E-state index in [0.717, 1.165) is 32.1 Å². The van der Waals surface area contributed by atoms with Crippen LogP contribution >= 0.6 is 0 Å². The van der Waals surface area contributed by atoms with E-state index >= 15 is 0 Å². The molecule has 0 radical (unpaired) electrons. The van der Waals surface area contributed by atoms with Crippen LogP contribution in [0.2, 0.25) is 0 Å². The third kappa shape index (κ3) is 2.90. The van der Waals surface area contributed by atoms with Gasteiger partial charge in [0.15, 0.2) is 9.84 Å². The molecule has 0 aliphatic heterocycles. The summed E-state index contributed by atoms with van der Waals surface area (Å²) in [5.74, 6) is 0.772. The van der Waals surface area contributed by atoms with Gasteiger partial charge in [0.05, 0.1) is 11.0 Å². The molecule has 0 spiro atoms. The lowest BCUT2D eigenvalue weighted by Gasteiger charge is -2.41. The van der Waals surface area contributed by atoms with Crippen LogP contribution in [0.5, 0.6) is 0 Å². The molecular weight excluding hydrogens is 246 g/mol. The van der Waals surface area contributed by atoms with E-state index in [4.69, 9.17) is 5.73 Å². The van der Waals surface area contributed by atoms with Crippen molar-refractivity contribution in [1.29, 1.82) is 0 Å². The Bertz CT molecular complexity index is 383. The zero-order valence-corrected chi connectivity index (χ0v) is 12.5. The van der Waals surface area contributed by atoms with Crippen LogP contribution in [0.15, 0.2) is 0 Å². The fourth-order valence-electron chi connectivity index (χ4n) is 3.64. The van der Waals surface area contributed by atoms with Gasteiger partial charge in [-0.1, -0.05) is 33.1 Å². The standard InChI is InChI=1S/C14H27NO2S/c1-14(2)9-5-8-12(13(14)15)18(16,17)10-11-6-3-4-7-11/h11-13H,3-10,15H2,1-2H3. The van der Waals surface area contributed by atoms with Crippen LogP contribution in [0.3, 0.4) is 0 Å². The molecule has 0 amide bonds. The van der Waals surface area contributed by atoms with Crippen molar-refractivity contribution in [2.24, 2.45) is 17.1 Å². The number of rotatable bonds is 3. The molecule has 2 atom stereocenters. The van der Waals surface area contributed by atoms with E-state index in [1.54, 1.807) is 0 Å². The maximum Gasteiger partial charge on any atom is 0.154 e. The zero-order chi connectivity index (χ0) is 13.4. The van der Waals surface area contributed by atoms with Crippen molar-refractivity contribution < 1.29 is 8.42 Å². The molecule has 2 aliphatic rings. The Kier molecular flexibility index (Phi) is 4.07. The molecule has 18 heavy (non-hydrogen) atoms. The predicted molar refractivity (Wildman–Crippen MR) is 75.1 cm³/mol. The highest BCUT2D eigenvalue weighted by Crippen LogP contribution is 2.38. The first kappa shape index (κ1) is 14.3. The topological polar surface area (TPSA) is 60.2 Å². The van der Waals surface area contributed by atoms with E-state index < -0.39 is 9.84 Å². The molecule has 3 nitrogen and oxygen atoms in total. The molecule has 0 aromatic carbocycles. The van der Waals surface area contributed by atoms with Crippen molar-refractivity contribution in [2.45, 2.75) is 70.1 Å². The van der Waals surface area contributed by atoms with E-state index in [-0.39, 0.29) is 16.7 Å². The maximum absolute atomic E-state index is 12.6. The van der Waals surface area contributed by atoms with Crippen molar-refractivity contribution in [2.75, 3.05) is 5.75 Å². The summed E-state index contributed by atoms with van der Waals surface area (Å²) in [6.45, 7) is 4.21. The highest BCUT2D eigenvalue weighted by Gasteiger charge is 2.43. The normalized spacial score (nSPS) is 33.7. The Morgan fingerprint density at radius 3 is 2.33 bits per heavy atom. The zero-order valence-electron chi connectivity index (χ0n) is 11.7. The monoisotopic (exact) mass is 273 g/mol. The van der Waals surface area contributed by atoms with Gasteiger partial charge in [-0.05, 0) is 37.0 Å². The van der Waals surface area contributed by atoms with Crippen LogP contribution in [0.25, 0.3) is 0 Å². The average Bonchev–Trinajstić information content (AvgIpc) is 2.73. The van der Waals surface area contributed by atoms with Gasteiger partial charge >= 0.3 is 0 Å². The minimum Gasteiger partial charge on any atom is -0.326 e. The van der Waals surface area contributed by atoms with Crippen molar-refractivity contribution in [3.05, 3.63) is 0 Å². The van der Waals surface area contributed by atoms with Gasteiger partial charge in [-0.15, -0.1) is 0 Å². The molecule has 0 bridgehead atoms. The second-order valence-corrected chi connectivity index (χ2v) is 9.19. The minimum absolute atomic E-state index is 0.0360. The van der Waals surface area contributed by atoms with Crippen molar-refractivity contribution in [1.82, 2.24) is 0 Å². The summed E-state index contributed by atoms with van der Waals surface area (Å²) in [7, 11) is -3.01. The third-order valence-electron chi connectivity index (χ3n) is 5.02.